The Morgan fingerprint density at radius 3 is 2.87 bits per heavy atom. The first-order valence-electron chi connectivity index (χ1n) is 4.99. The van der Waals surface area contributed by atoms with Gasteiger partial charge in [0.1, 0.15) is 0 Å². The molecule has 3 nitrogen and oxygen atoms in total. The third-order valence-corrected chi connectivity index (χ3v) is 3.42. The first-order chi connectivity index (χ1) is 7.33. The Morgan fingerprint density at radius 2 is 2.20 bits per heavy atom. The van der Waals surface area contributed by atoms with Gasteiger partial charge in [-0.05, 0) is 6.07 Å². The van der Waals surface area contributed by atoms with E-state index in [0.29, 0.717) is 11.4 Å². The number of halogens is 1. The van der Waals surface area contributed by atoms with Crippen molar-refractivity contribution in [1.82, 2.24) is 4.98 Å². The van der Waals surface area contributed by atoms with Crippen LogP contribution in [0.3, 0.4) is 0 Å². The molecule has 1 fully saturated rings. The van der Waals surface area contributed by atoms with E-state index in [1.165, 1.54) is 0 Å². The minimum atomic E-state index is -0.257. The number of pyridine rings is 1. The van der Waals surface area contributed by atoms with Crippen LogP contribution < -0.4 is 10.6 Å². The molecule has 0 radical (unpaired) electrons. The lowest BCUT2D eigenvalue weighted by molar-refractivity contribution is 0.596. The molecule has 0 unspecified atom stereocenters. The molecule has 0 amide bonds. The Kier molecular flexibility index (Phi) is 3.43. The minimum absolute atomic E-state index is 0.226. The average molecular weight is 227 g/mol. The number of hydrogen-bond acceptors (Lipinski definition) is 4. The maximum atomic E-state index is 13.9. The van der Waals surface area contributed by atoms with E-state index in [2.05, 4.69) is 4.98 Å². The molecule has 1 saturated heterocycles. The summed E-state index contributed by atoms with van der Waals surface area (Å²) in [6, 6.07) is 1.64. The number of anilines is 1. The summed E-state index contributed by atoms with van der Waals surface area (Å²) in [6.45, 7) is 1.95. The van der Waals surface area contributed by atoms with E-state index >= 15 is 0 Å². The Labute approximate surface area is 92.9 Å². The zero-order valence-electron chi connectivity index (χ0n) is 8.45. The molecule has 0 aliphatic carbocycles. The van der Waals surface area contributed by atoms with Gasteiger partial charge in [0.2, 0.25) is 0 Å². The summed E-state index contributed by atoms with van der Waals surface area (Å²) >= 11 is 1.89. The number of hydrogen-bond donors (Lipinski definition) is 1. The number of rotatable bonds is 2. The second-order valence-corrected chi connectivity index (χ2v) is 4.64. The second-order valence-electron chi connectivity index (χ2n) is 3.41. The molecule has 1 aromatic heterocycles. The van der Waals surface area contributed by atoms with Gasteiger partial charge in [0, 0.05) is 42.9 Å². The minimum Gasteiger partial charge on any atom is -0.353 e. The van der Waals surface area contributed by atoms with E-state index < -0.39 is 0 Å². The van der Waals surface area contributed by atoms with Crippen molar-refractivity contribution in [3.63, 3.8) is 0 Å². The zero-order valence-corrected chi connectivity index (χ0v) is 9.26. The molecule has 0 spiro atoms. The predicted molar refractivity (Wildman–Crippen MR) is 61.6 cm³/mol. The van der Waals surface area contributed by atoms with Crippen molar-refractivity contribution in [2.45, 2.75) is 6.54 Å². The normalized spacial score (nSPS) is 16.8. The number of thioether (sulfide) groups is 1. The fourth-order valence-corrected chi connectivity index (χ4v) is 2.53. The Balaban J connectivity index is 2.26. The largest absolute Gasteiger partial charge is 0.353 e. The lowest BCUT2D eigenvalue weighted by Crippen LogP contribution is -2.34. The van der Waals surface area contributed by atoms with E-state index in [-0.39, 0.29) is 12.4 Å². The highest BCUT2D eigenvalue weighted by molar-refractivity contribution is 7.99. The van der Waals surface area contributed by atoms with E-state index in [1.807, 2.05) is 16.7 Å². The van der Waals surface area contributed by atoms with Crippen LogP contribution in [0.5, 0.6) is 0 Å². The molecular weight excluding hydrogens is 213 g/mol. The van der Waals surface area contributed by atoms with Crippen LogP contribution in [0, 0.1) is 5.82 Å². The highest BCUT2D eigenvalue weighted by atomic mass is 32.2. The molecule has 1 aromatic rings. The summed E-state index contributed by atoms with van der Waals surface area (Å²) in [7, 11) is 0. The molecular formula is C10H14FN3S. The lowest BCUT2D eigenvalue weighted by Gasteiger charge is -2.27. The monoisotopic (exact) mass is 227 g/mol. The number of nitrogens with zero attached hydrogens (tertiary/aromatic N) is 2. The van der Waals surface area contributed by atoms with Crippen molar-refractivity contribution in [3.05, 3.63) is 23.6 Å². The van der Waals surface area contributed by atoms with Crippen LogP contribution in [0.2, 0.25) is 0 Å². The summed E-state index contributed by atoms with van der Waals surface area (Å²) in [6.07, 6.45) is 1.63. The molecule has 15 heavy (non-hydrogen) atoms. The Hall–Kier alpha value is -0.810. The first-order valence-corrected chi connectivity index (χ1v) is 6.14. The molecule has 2 heterocycles. The molecule has 0 aromatic carbocycles. The smallest absolute Gasteiger partial charge is 0.170 e. The van der Waals surface area contributed by atoms with Gasteiger partial charge < -0.3 is 10.6 Å². The van der Waals surface area contributed by atoms with Crippen LogP contribution in [0.4, 0.5) is 10.2 Å². The van der Waals surface area contributed by atoms with Crippen molar-refractivity contribution in [1.29, 1.82) is 0 Å². The molecule has 0 bridgehead atoms. The van der Waals surface area contributed by atoms with Gasteiger partial charge in [-0.25, -0.2) is 9.37 Å². The lowest BCUT2D eigenvalue weighted by atomic mass is 10.2. The predicted octanol–water partition coefficient (Wildman–Crippen LogP) is 1.23. The van der Waals surface area contributed by atoms with Crippen LogP contribution in [-0.2, 0) is 6.54 Å². The van der Waals surface area contributed by atoms with E-state index in [9.17, 15) is 4.39 Å². The standard InChI is InChI=1S/C10H14FN3S/c11-9-8(7-12)1-2-13-10(9)14-3-5-15-6-4-14/h1-2H,3-7,12H2. The number of nitrogens with two attached hydrogens (primary N) is 1. The van der Waals surface area contributed by atoms with Crippen LogP contribution in [0.1, 0.15) is 5.56 Å². The number of aromatic nitrogens is 1. The van der Waals surface area contributed by atoms with Gasteiger partial charge in [0.05, 0.1) is 0 Å². The molecule has 0 atom stereocenters. The van der Waals surface area contributed by atoms with Crippen LogP contribution >= 0.6 is 11.8 Å². The highest BCUT2D eigenvalue weighted by Gasteiger charge is 2.17. The van der Waals surface area contributed by atoms with Crippen molar-refractivity contribution in [2.24, 2.45) is 5.73 Å². The van der Waals surface area contributed by atoms with Gasteiger partial charge in [-0.3, -0.25) is 0 Å². The molecule has 2 rings (SSSR count). The van der Waals surface area contributed by atoms with Gasteiger partial charge >= 0.3 is 0 Å². The van der Waals surface area contributed by atoms with E-state index in [1.54, 1.807) is 12.3 Å². The second kappa shape index (κ2) is 4.81. The maximum Gasteiger partial charge on any atom is 0.170 e. The summed E-state index contributed by atoms with van der Waals surface area (Å²) in [5.74, 6) is 2.27. The highest BCUT2D eigenvalue weighted by Crippen LogP contribution is 2.22. The Bertz CT molecular complexity index is 339. The van der Waals surface area contributed by atoms with Gasteiger partial charge in [-0.15, -0.1) is 0 Å². The quantitative estimate of drug-likeness (QED) is 0.825. The Morgan fingerprint density at radius 1 is 1.47 bits per heavy atom. The molecule has 1 aliphatic rings. The summed E-state index contributed by atoms with van der Waals surface area (Å²) in [4.78, 5) is 6.09. The van der Waals surface area contributed by atoms with Crippen molar-refractivity contribution >= 4 is 17.6 Å². The van der Waals surface area contributed by atoms with Gasteiger partial charge in [0.15, 0.2) is 11.6 Å². The van der Waals surface area contributed by atoms with Crippen LogP contribution in [-0.4, -0.2) is 29.6 Å². The molecule has 5 heteroatoms. The summed E-state index contributed by atoms with van der Waals surface area (Å²) < 4.78 is 13.9. The van der Waals surface area contributed by atoms with Gasteiger partial charge in [-0.1, -0.05) is 0 Å². The molecule has 0 saturated carbocycles. The summed E-state index contributed by atoms with van der Waals surface area (Å²) in [5.41, 5.74) is 6.00. The van der Waals surface area contributed by atoms with Gasteiger partial charge in [-0.2, -0.15) is 11.8 Å². The van der Waals surface area contributed by atoms with Crippen molar-refractivity contribution in [3.8, 4) is 0 Å². The van der Waals surface area contributed by atoms with Crippen molar-refractivity contribution in [2.75, 3.05) is 29.5 Å². The summed E-state index contributed by atoms with van der Waals surface area (Å²) in [5, 5.41) is 0. The SMILES string of the molecule is NCc1ccnc(N2CCSCC2)c1F. The topological polar surface area (TPSA) is 42.1 Å². The van der Waals surface area contributed by atoms with E-state index in [4.69, 9.17) is 5.73 Å². The van der Waals surface area contributed by atoms with Crippen molar-refractivity contribution < 1.29 is 4.39 Å². The molecule has 2 N–H and O–H groups in total. The molecule has 1 aliphatic heterocycles. The fourth-order valence-electron chi connectivity index (χ4n) is 1.62. The average Bonchev–Trinajstić information content (AvgIpc) is 2.30. The van der Waals surface area contributed by atoms with Crippen LogP contribution in [0.25, 0.3) is 0 Å². The maximum absolute atomic E-state index is 13.9. The first kappa shape index (κ1) is 10.7. The van der Waals surface area contributed by atoms with Gasteiger partial charge in [0.25, 0.3) is 0 Å². The molecule has 82 valence electrons. The third-order valence-electron chi connectivity index (χ3n) is 2.48. The zero-order chi connectivity index (χ0) is 10.7. The van der Waals surface area contributed by atoms with E-state index in [0.717, 1.165) is 24.6 Å². The third kappa shape index (κ3) is 2.23. The fraction of sp³-hybridized carbons (Fsp3) is 0.500. The van der Waals surface area contributed by atoms with Crippen LogP contribution in [0.15, 0.2) is 12.3 Å².